The van der Waals surface area contributed by atoms with Crippen LogP contribution in [0.5, 0.6) is 0 Å². The molecule has 2 aliphatic carbocycles. The number of likely N-dealkylation sites (tertiary alicyclic amines) is 1. The van der Waals surface area contributed by atoms with E-state index in [1.807, 2.05) is 0 Å². The Morgan fingerprint density at radius 3 is 2.53 bits per heavy atom. The van der Waals surface area contributed by atoms with E-state index >= 15 is 0 Å². The normalized spacial score (nSPS) is 36.8. The number of hydrogen-bond acceptors (Lipinski definition) is 2. The SMILES string of the molecule is O=C1CCCC(N2CCCC2C2CCCC2)C1. The first kappa shape index (κ1) is 11.7. The van der Waals surface area contributed by atoms with Crippen molar-refractivity contribution >= 4 is 5.78 Å². The Hall–Kier alpha value is -0.370. The molecule has 96 valence electrons. The molecule has 3 aliphatic rings. The molecule has 0 aromatic heterocycles. The Kier molecular flexibility index (Phi) is 3.51. The molecule has 3 fully saturated rings. The van der Waals surface area contributed by atoms with Gasteiger partial charge in [-0.3, -0.25) is 9.69 Å². The van der Waals surface area contributed by atoms with Crippen molar-refractivity contribution in [1.29, 1.82) is 0 Å². The third-order valence-corrected chi connectivity index (χ3v) is 5.21. The van der Waals surface area contributed by atoms with Crippen LogP contribution in [0.3, 0.4) is 0 Å². The maximum atomic E-state index is 11.6. The fourth-order valence-corrected chi connectivity index (χ4v) is 4.40. The van der Waals surface area contributed by atoms with E-state index in [-0.39, 0.29) is 0 Å². The van der Waals surface area contributed by atoms with Crippen molar-refractivity contribution in [3.8, 4) is 0 Å². The smallest absolute Gasteiger partial charge is 0.134 e. The Labute approximate surface area is 105 Å². The highest BCUT2D eigenvalue weighted by Crippen LogP contribution is 2.38. The van der Waals surface area contributed by atoms with Crippen molar-refractivity contribution in [3.05, 3.63) is 0 Å². The average Bonchev–Trinajstić information content (AvgIpc) is 3.00. The highest BCUT2D eigenvalue weighted by Gasteiger charge is 2.38. The zero-order valence-corrected chi connectivity index (χ0v) is 10.9. The maximum absolute atomic E-state index is 11.6. The van der Waals surface area contributed by atoms with Gasteiger partial charge < -0.3 is 0 Å². The van der Waals surface area contributed by atoms with E-state index in [9.17, 15) is 4.79 Å². The first-order chi connectivity index (χ1) is 8.34. The van der Waals surface area contributed by atoms with E-state index in [1.165, 1.54) is 51.5 Å². The van der Waals surface area contributed by atoms with E-state index in [0.717, 1.165) is 31.2 Å². The molecule has 0 radical (unpaired) electrons. The predicted molar refractivity (Wildman–Crippen MR) is 68.9 cm³/mol. The summed E-state index contributed by atoms with van der Waals surface area (Å²) in [5, 5.41) is 0. The molecule has 2 unspecified atom stereocenters. The molecule has 1 saturated heterocycles. The average molecular weight is 235 g/mol. The Bertz CT molecular complexity index is 283. The highest BCUT2D eigenvalue weighted by molar-refractivity contribution is 5.79. The van der Waals surface area contributed by atoms with Gasteiger partial charge in [-0.2, -0.15) is 0 Å². The summed E-state index contributed by atoms with van der Waals surface area (Å²) in [4.78, 5) is 14.4. The van der Waals surface area contributed by atoms with Gasteiger partial charge in [-0.15, -0.1) is 0 Å². The molecular weight excluding hydrogens is 210 g/mol. The second kappa shape index (κ2) is 5.09. The van der Waals surface area contributed by atoms with Crippen LogP contribution >= 0.6 is 0 Å². The molecular formula is C15H25NO. The largest absolute Gasteiger partial charge is 0.300 e. The second-order valence-electron chi connectivity index (χ2n) is 6.28. The minimum atomic E-state index is 0.512. The number of carbonyl (C=O) groups excluding carboxylic acids is 1. The highest BCUT2D eigenvalue weighted by atomic mass is 16.1. The second-order valence-corrected chi connectivity index (χ2v) is 6.28. The van der Waals surface area contributed by atoms with Crippen LogP contribution in [0.2, 0.25) is 0 Å². The van der Waals surface area contributed by atoms with Crippen LogP contribution in [0.25, 0.3) is 0 Å². The summed E-state index contributed by atoms with van der Waals surface area (Å²) in [6.45, 7) is 1.26. The monoisotopic (exact) mass is 235 g/mol. The summed E-state index contributed by atoms with van der Waals surface area (Å²) < 4.78 is 0. The lowest BCUT2D eigenvalue weighted by molar-refractivity contribution is -0.122. The number of ketones is 1. The summed E-state index contributed by atoms with van der Waals surface area (Å²) >= 11 is 0. The van der Waals surface area contributed by atoms with Crippen molar-refractivity contribution in [1.82, 2.24) is 4.90 Å². The van der Waals surface area contributed by atoms with Crippen molar-refractivity contribution in [2.45, 2.75) is 76.3 Å². The first-order valence-corrected chi connectivity index (χ1v) is 7.62. The Morgan fingerprint density at radius 2 is 1.76 bits per heavy atom. The van der Waals surface area contributed by atoms with Crippen molar-refractivity contribution in [2.24, 2.45) is 5.92 Å². The zero-order chi connectivity index (χ0) is 11.7. The molecule has 1 aliphatic heterocycles. The molecule has 0 aromatic rings. The molecule has 0 amide bonds. The number of nitrogens with zero attached hydrogens (tertiary/aromatic N) is 1. The Balaban J connectivity index is 1.65. The van der Waals surface area contributed by atoms with Gasteiger partial charge in [0.25, 0.3) is 0 Å². The van der Waals surface area contributed by atoms with Gasteiger partial charge >= 0.3 is 0 Å². The van der Waals surface area contributed by atoms with Gasteiger partial charge in [0.05, 0.1) is 0 Å². The topological polar surface area (TPSA) is 20.3 Å². The lowest BCUT2D eigenvalue weighted by Gasteiger charge is -2.37. The van der Waals surface area contributed by atoms with Gasteiger partial charge in [0.1, 0.15) is 5.78 Å². The van der Waals surface area contributed by atoms with Crippen LogP contribution in [-0.2, 0) is 4.79 Å². The minimum absolute atomic E-state index is 0.512. The van der Waals surface area contributed by atoms with Crippen LogP contribution in [0, 0.1) is 5.92 Å². The molecule has 1 heterocycles. The minimum Gasteiger partial charge on any atom is -0.300 e. The van der Waals surface area contributed by atoms with E-state index in [0.29, 0.717) is 11.8 Å². The third kappa shape index (κ3) is 2.42. The number of hydrogen-bond donors (Lipinski definition) is 0. The fourth-order valence-electron chi connectivity index (χ4n) is 4.40. The van der Waals surface area contributed by atoms with Crippen LogP contribution in [0.15, 0.2) is 0 Å². The first-order valence-electron chi connectivity index (χ1n) is 7.62. The summed E-state index contributed by atoms with van der Waals surface area (Å²) in [6.07, 6.45) is 12.6. The summed E-state index contributed by atoms with van der Waals surface area (Å²) in [5.41, 5.74) is 0. The predicted octanol–water partition coefficient (Wildman–Crippen LogP) is 3.15. The molecule has 2 nitrogen and oxygen atoms in total. The quantitative estimate of drug-likeness (QED) is 0.733. The van der Waals surface area contributed by atoms with Crippen LogP contribution in [0.1, 0.15) is 64.2 Å². The van der Waals surface area contributed by atoms with Gasteiger partial charge in [-0.25, -0.2) is 0 Å². The number of Topliss-reactive ketones (excluding diaryl/α,β-unsaturated/α-hetero) is 1. The van der Waals surface area contributed by atoms with Gasteiger partial charge in [0.2, 0.25) is 0 Å². The van der Waals surface area contributed by atoms with Crippen molar-refractivity contribution in [2.75, 3.05) is 6.54 Å². The van der Waals surface area contributed by atoms with E-state index in [4.69, 9.17) is 0 Å². The molecule has 0 spiro atoms. The number of carbonyl (C=O) groups is 1. The molecule has 2 heteroatoms. The van der Waals surface area contributed by atoms with Gasteiger partial charge in [0, 0.05) is 24.9 Å². The summed E-state index contributed by atoms with van der Waals surface area (Å²) in [5.74, 6) is 1.47. The van der Waals surface area contributed by atoms with Crippen LogP contribution < -0.4 is 0 Å². The van der Waals surface area contributed by atoms with E-state index in [2.05, 4.69) is 4.90 Å². The fraction of sp³-hybridized carbons (Fsp3) is 0.933. The standard InChI is InChI=1S/C15H25NO/c17-14-8-3-7-13(11-14)16-10-4-9-15(16)12-5-1-2-6-12/h12-13,15H,1-11H2. The van der Waals surface area contributed by atoms with Crippen LogP contribution in [-0.4, -0.2) is 29.3 Å². The molecule has 0 aromatic carbocycles. The Morgan fingerprint density at radius 1 is 0.941 bits per heavy atom. The van der Waals surface area contributed by atoms with E-state index in [1.54, 1.807) is 0 Å². The summed E-state index contributed by atoms with van der Waals surface area (Å²) in [7, 11) is 0. The lowest BCUT2D eigenvalue weighted by Crippen LogP contribution is -2.44. The number of rotatable bonds is 2. The van der Waals surface area contributed by atoms with E-state index < -0.39 is 0 Å². The van der Waals surface area contributed by atoms with Gasteiger partial charge in [0.15, 0.2) is 0 Å². The summed E-state index contributed by atoms with van der Waals surface area (Å²) in [6, 6.07) is 1.43. The third-order valence-electron chi connectivity index (χ3n) is 5.21. The van der Waals surface area contributed by atoms with Crippen molar-refractivity contribution < 1.29 is 4.79 Å². The van der Waals surface area contributed by atoms with Crippen LogP contribution in [0.4, 0.5) is 0 Å². The maximum Gasteiger partial charge on any atom is 0.134 e. The molecule has 0 N–H and O–H groups in total. The lowest BCUT2D eigenvalue weighted by atomic mass is 9.89. The molecule has 17 heavy (non-hydrogen) atoms. The van der Waals surface area contributed by atoms with Gasteiger partial charge in [-0.1, -0.05) is 12.8 Å². The molecule has 3 rings (SSSR count). The van der Waals surface area contributed by atoms with Gasteiger partial charge in [-0.05, 0) is 51.0 Å². The molecule has 2 saturated carbocycles. The molecule has 0 bridgehead atoms. The molecule has 2 atom stereocenters. The van der Waals surface area contributed by atoms with Crippen molar-refractivity contribution in [3.63, 3.8) is 0 Å². The zero-order valence-electron chi connectivity index (χ0n) is 10.9.